The summed E-state index contributed by atoms with van der Waals surface area (Å²) in [6.07, 6.45) is -2.23. The number of anilines is 1. The van der Waals surface area contributed by atoms with Crippen LogP contribution in [0.1, 0.15) is 5.69 Å². The first-order valence-electron chi connectivity index (χ1n) is 4.29. The maximum absolute atomic E-state index is 12.3. The molecule has 0 fully saturated rings. The Hall–Kier alpha value is -1.83. The first-order chi connectivity index (χ1) is 7.88. The third kappa shape index (κ3) is 2.31. The fraction of sp³-hybridized carbons (Fsp3) is 0.125. The first kappa shape index (κ1) is 11.6. The number of nitrogens with zero attached hydrogens (tertiary/aromatic N) is 4. The van der Waals surface area contributed by atoms with Crippen LogP contribution in [-0.4, -0.2) is 19.7 Å². The molecular formula is C8H5ClF3N5. The van der Waals surface area contributed by atoms with Crippen LogP contribution in [0.3, 0.4) is 0 Å². The Balaban J connectivity index is 2.47. The topological polar surface area (TPSA) is 69.6 Å². The van der Waals surface area contributed by atoms with Gasteiger partial charge in [0.05, 0.1) is 11.9 Å². The van der Waals surface area contributed by atoms with Crippen molar-refractivity contribution in [1.29, 1.82) is 0 Å². The molecule has 0 aliphatic rings. The van der Waals surface area contributed by atoms with Crippen LogP contribution in [0.5, 0.6) is 0 Å². The molecule has 0 aliphatic carbocycles. The molecule has 2 heterocycles. The molecule has 0 aliphatic heterocycles. The molecule has 17 heavy (non-hydrogen) atoms. The van der Waals surface area contributed by atoms with E-state index in [1.165, 1.54) is 6.20 Å². The second-order valence-electron chi connectivity index (χ2n) is 3.06. The Bertz CT molecular complexity index is 550. The highest BCUT2D eigenvalue weighted by Gasteiger charge is 2.33. The summed E-state index contributed by atoms with van der Waals surface area (Å²) in [6.45, 7) is 0. The first-order valence-corrected chi connectivity index (χ1v) is 4.67. The van der Waals surface area contributed by atoms with E-state index in [1.807, 2.05) is 0 Å². The van der Waals surface area contributed by atoms with Crippen LogP contribution in [0.25, 0.3) is 5.82 Å². The van der Waals surface area contributed by atoms with E-state index in [4.69, 9.17) is 17.3 Å². The van der Waals surface area contributed by atoms with E-state index in [2.05, 4.69) is 15.1 Å². The molecule has 2 aromatic rings. The van der Waals surface area contributed by atoms with Crippen molar-refractivity contribution in [3.8, 4) is 5.82 Å². The van der Waals surface area contributed by atoms with Crippen molar-refractivity contribution in [2.24, 2.45) is 0 Å². The number of hydrogen-bond donors (Lipinski definition) is 1. The molecule has 0 saturated heterocycles. The van der Waals surface area contributed by atoms with Crippen molar-refractivity contribution in [3.63, 3.8) is 0 Å². The van der Waals surface area contributed by atoms with Gasteiger partial charge < -0.3 is 5.73 Å². The molecule has 2 N–H and O–H groups in total. The number of nitrogens with two attached hydrogens (primary N) is 1. The molecule has 0 unspecified atom stereocenters. The largest absolute Gasteiger partial charge is 0.435 e. The molecule has 0 spiro atoms. The lowest BCUT2D eigenvalue weighted by Crippen LogP contribution is -2.09. The molecule has 0 aromatic carbocycles. The Morgan fingerprint density at radius 1 is 1.35 bits per heavy atom. The fourth-order valence-electron chi connectivity index (χ4n) is 1.14. The smallest absolute Gasteiger partial charge is 0.394 e. The van der Waals surface area contributed by atoms with Gasteiger partial charge in [-0.25, -0.2) is 9.67 Å². The molecular weight excluding hydrogens is 259 g/mol. The molecule has 5 nitrogen and oxygen atoms in total. The van der Waals surface area contributed by atoms with Crippen molar-refractivity contribution < 1.29 is 13.2 Å². The van der Waals surface area contributed by atoms with E-state index in [0.29, 0.717) is 0 Å². The van der Waals surface area contributed by atoms with Crippen molar-refractivity contribution in [2.75, 3.05) is 5.73 Å². The standard InChI is InChI=1S/C8H5ClF3N5/c9-7-14-3-4(13)6(15-7)17-2-1-5(16-17)8(10,11)12/h1-3H,13H2. The highest BCUT2D eigenvalue weighted by atomic mass is 35.5. The lowest BCUT2D eigenvalue weighted by molar-refractivity contribution is -0.141. The minimum atomic E-state index is -4.52. The minimum Gasteiger partial charge on any atom is -0.394 e. The molecule has 2 rings (SSSR count). The maximum Gasteiger partial charge on any atom is 0.435 e. The van der Waals surface area contributed by atoms with E-state index in [0.717, 1.165) is 16.9 Å². The third-order valence-electron chi connectivity index (χ3n) is 1.86. The van der Waals surface area contributed by atoms with E-state index in [1.54, 1.807) is 0 Å². The van der Waals surface area contributed by atoms with Gasteiger partial charge in [-0.3, -0.25) is 0 Å². The quantitative estimate of drug-likeness (QED) is 0.798. The van der Waals surface area contributed by atoms with Crippen LogP contribution >= 0.6 is 11.6 Å². The van der Waals surface area contributed by atoms with Gasteiger partial charge in [0.2, 0.25) is 5.28 Å². The van der Waals surface area contributed by atoms with Gasteiger partial charge in [0.15, 0.2) is 11.5 Å². The summed E-state index contributed by atoms with van der Waals surface area (Å²) in [4.78, 5) is 7.29. The fourth-order valence-corrected chi connectivity index (χ4v) is 1.27. The predicted molar refractivity (Wildman–Crippen MR) is 53.6 cm³/mol. The molecule has 0 bridgehead atoms. The van der Waals surface area contributed by atoms with E-state index in [9.17, 15) is 13.2 Å². The minimum absolute atomic E-state index is 0.000463. The highest BCUT2D eigenvalue weighted by Crippen LogP contribution is 2.28. The third-order valence-corrected chi connectivity index (χ3v) is 2.05. The Morgan fingerprint density at radius 3 is 2.65 bits per heavy atom. The van der Waals surface area contributed by atoms with E-state index >= 15 is 0 Å². The monoisotopic (exact) mass is 263 g/mol. The number of nitrogen functional groups attached to an aromatic ring is 1. The van der Waals surface area contributed by atoms with Gasteiger partial charge in [-0.15, -0.1) is 0 Å². The number of aromatic nitrogens is 4. The Kier molecular flexibility index (Phi) is 2.66. The Labute approximate surface area is 98.0 Å². The average molecular weight is 264 g/mol. The van der Waals surface area contributed by atoms with Gasteiger partial charge in [0.1, 0.15) is 0 Å². The van der Waals surface area contributed by atoms with Crippen molar-refractivity contribution in [2.45, 2.75) is 6.18 Å². The zero-order valence-corrected chi connectivity index (χ0v) is 8.87. The summed E-state index contributed by atoms with van der Waals surface area (Å²) >= 11 is 5.52. The predicted octanol–water partition coefficient (Wildman–Crippen LogP) is 1.92. The Morgan fingerprint density at radius 2 is 2.06 bits per heavy atom. The second kappa shape index (κ2) is 3.88. The van der Waals surface area contributed by atoms with Crippen molar-refractivity contribution in [3.05, 3.63) is 29.4 Å². The molecule has 0 radical (unpaired) electrons. The normalized spacial score (nSPS) is 11.8. The summed E-state index contributed by atoms with van der Waals surface area (Å²) in [6, 6.07) is 0.815. The van der Waals surface area contributed by atoms with Gasteiger partial charge >= 0.3 is 6.18 Å². The highest BCUT2D eigenvalue weighted by molar-refractivity contribution is 6.28. The van der Waals surface area contributed by atoms with Crippen molar-refractivity contribution >= 4 is 17.3 Å². The van der Waals surface area contributed by atoms with Crippen LogP contribution in [0, 0.1) is 0 Å². The number of alkyl halides is 3. The summed E-state index contributed by atoms with van der Waals surface area (Å²) in [5.74, 6) is 0.000463. The van der Waals surface area contributed by atoms with Crippen LogP contribution in [-0.2, 0) is 6.18 Å². The zero-order valence-electron chi connectivity index (χ0n) is 8.11. The SMILES string of the molecule is Nc1cnc(Cl)nc1-n1ccc(C(F)(F)F)n1. The van der Waals surface area contributed by atoms with Gasteiger partial charge in [-0.2, -0.15) is 23.3 Å². The summed E-state index contributed by atoms with van der Waals surface area (Å²) in [5, 5.41) is 3.19. The van der Waals surface area contributed by atoms with Crippen LogP contribution in [0.15, 0.2) is 18.5 Å². The lowest BCUT2D eigenvalue weighted by Gasteiger charge is -2.04. The van der Waals surface area contributed by atoms with Gasteiger partial charge in [0.25, 0.3) is 0 Å². The van der Waals surface area contributed by atoms with E-state index < -0.39 is 11.9 Å². The molecule has 0 amide bonds. The van der Waals surface area contributed by atoms with Gasteiger partial charge in [0, 0.05) is 6.20 Å². The van der Waals surface area contributed by atoms with Crippen molar-refractivity contribution in [1.82, 2.24) is 19.7 Å². The number of halogens is 4. The van der Waals surface area contributed by atoms with Crippen LogP contribution in [0.4, 0.5) is 18.9 Å². The number of hydrogen-bond acceptors (Lipinski definition) is 4. The molecule has 0 atom stereocenters. The van der Waals surface area contributed by atoms with E-state index in [-0.39, 0.29) is 16.8 Å². The van der Waals surface area contributed by atoms with Crippen LogP contribution < -0.4 is 5.73 Å². The molecule has 90 valence electrons. The molecule has 9 heteroatoms. The number of rotatable bonds is 1. The average Bonchev–Trinajstić information content (AvgIpc) is 2.70. The summed E-state index contributed by atoms with van der Waals surface area (Å²) in [5.41, 5.74) is 4.55. The molecule has 2 aromatic heterocycles. The summed E-state index contributed by atoms with van der Waals surface area (Å²) in [7, 11) is 0. The maximum atomic E-state index is 12.3. The zero-order chi connectivity index (χ0) is 12.6. The van der Waals surface area contributed by atoms with Gasteiger partial charge in [-0.1, -0.05) is 0 Å². The lowest BCUT2D eigenvalue weighted by atomic mass is 10.4. The summed E-state index contributed by atoms with van der Waals surface area (Å²) < 4.78 is 37.9. The van der Waals surface area contributed by atoms with Crippen LogP contribution in [0.2, 0.25) is 5.28 Å². The second-order valence-corrected chi connectivity index (χ2v) is 3.40. The van der Waals surface area contributed by atoms with Gasteiger partial charge in [-0.05, 0) is 17.7 Å². The molecule has 0 saturated carbocycles.